The Morgan fingerprint density at radius 2 is 1.92 bits per heavy atom. The largest absolute Gasteiger partial charge is 0.367 e. The Kier molecular flexibility index (Phi) is 3.46. The van der Waals surface area contributed by atoms with Crippen LogP contribution in [-0.2, 0) is 15.4 Å². The Morgan fingerprint density at radius 1 is 1.21 bits per heavy atom. The van der Waals surface area contributed by atoms with E-state index in [0.29, 0.717) is 16.5 Å². The van der Waals surface area contributed by atoms with Crippen LogP contribution in [0.5, 0.6) is 0 Å². The lowest BCUT2D eigenvalue weighted by atomic mass is 9.82. The minimum Gasteiger partial charge on any atom is -0.367 e. The molecule has 2 aliphatic heterocycles. The smallest absolute Gasteiger partial charge is 0.244 e. The highest BCUT2D eigenvalue weighted by Gasteiger charge is 2.54. The molecule has 0 aliphatic carbocycles. The van der Waals surface area contributed by atoms with Crippen LogP contribution in [0.4, 0.5) is 5.69 Å². The van der Waals surface area contributed by atoms with Gasteiger partial charge in [0.15, 0.2) is 0 Å². The van der Waals surface area contributed by atoms with Gasteiger partial charge in [0.1, 0.15) is 6.17 Å². The summed E-state index contributed by atoms with van der Waals surface area (Å²) < 4.78 is 27.8. The molecule has 2 aromatic rings. The lowest BCUT2D eigenvalue weighted by Crippen LogP contribution is -2.44. The Labute approximate surface area is 147 Å². The number of benzene rings is 2. The number of aryl methyl sites for hydroxylation is 1. The highest BCUT2D eigenvalue weighted by atomic mass is 35.5. The zero-order chi connectivity index (χ0) is 17.1. The van der Waals surface area contributed by atoms with Gasteiger partial charge in [-0.3, -0.25) is 0 Å². The zero-order valence-electron chi connectivity index (χ0n) is 13.6. The van der Waals surface area contributed by atoms with Crippen molar-refractivity contribution in [3.05, 3.63) is 58.6 Å². The number of nitrogens with one attached hydrogen (secondary N) is 1. The molecule has 4 nitrogen and oxygen atoms in total. The number of halogens is 1. The summed E-state index contributed by atoms with van der Waals surface area (Å²) in [5, 5.41) is 3.99. The van der Waals surface area contributed by atoms with Crippen LogP contribution in [0.25, 0.3) is 0 Å². The lowest BCUT2D eigenvalue weighted by Gasteiger charge is -2.29. The van der Waals surface area contributed by atoms with Crippen molar-refractivity contribution in [3.63, 3.8) is 0 Å². The van der Waals surface area contributed by atoms with Gasteiger partial charge >= 0.3 is 0 Å². The molecule has 2 heterocycles. The summed E-state index contributed by atoms with van der Waals surface area (Å²) in [6, 6.07) is 12.8. The molecule has 4 rings (SSSR count). The zero-order valence-corrected chi connectivity index (χ0v) is 15.2. The van der Waals surface area contributed by atoms with E-state index >= 15 is 0 Å². The van der Waals surface area contributed by atoms with E-state index in [-0.39, 0.29) is 11.6 Å². The molecule has 1 fully saturated rings. The number of hydrogen-bond acceptors (Lipinski definition) is 3. The molecule has 0 radical (unpaired) electrons. The molecule has 24 heavy (non-hydrogen) atoms. The van der Waals surface area contributed by atoms with Gasteiger partial charge in [0.05, 0.1) is 15.6 Å². The van der Waals surface area contributed by atoms with Crippen molar-refractivity contribution in [1.29, 1.82) is 0 Å². The van der Waals surface area contributed by atoms with Crippen LogP contribution < -0.4 is 5.32 Å². The second kappa shape index (κ2) is 5.22. The molecule has 126 valence electrons. The lowest BCUT2D eigenvalue weighted by molar-refractivity contribution is 0.361. The molecular weight excluding hydrogens is 344 g/mol. The van der Waals surface area contributed by atoms with Crippen LogP contribution in [0.1, 0.15) is 24.5 Å². The van der Waals surface area contributed by atoms with Crippen molar-refractivity contribution in [2.24, 2.45) is 0 Å². The average Bonchev–Trinajstić information content (AvgIpc) is 3.01. The van der Waals surface area contributed by atoms with E-state index < -0.39 is 10.0 Å². The van der Waals surface area contributed by atoms with Gasteiger partial charge in [-0.2, -0.15) is 4.31 Å². The van der Waals surface area contributed by atoms with Gasteiger partial charge < -0.3 is 5.32 Å². The van der Waals surface area contributed by atoms with Crippen molar-refractivity contribution in [1.82, 2.24) is 4.31 Å². The molecule has 2 aromatic carbocycles. The summed E-state index contributed by atoms with van der Waals surface area (Å²) in [4.78, 5) is 0.334. The van der Waals surface area contributed by atoms with Crippen molar-refractivity contribution in [2.75, 3.05) is 11.9 Å². The van der Waals surface area contributed by atoms with E-state index in [4.69, 9.17) is 11.6 Å². The van der Waals surface area contributed by atoms with Crippen LogP contribution in [0, 0.1) is 6.92 Å². The van der Waals surface area contributed by atoms with Gasteiger partial charge in [-0.05, 0) is 37.1 Å². The topological polar surface area (TPSA) is 49.4 Å². The fraction of sp³-hybridized carbons (Fsp3) is 0.333. The number of rotatable bonds is 2. The van der Waals surface area contributed by atoms with E-state index in [2.05, 4.69) is 12.2 Å². The number of fused-ring (bicyclic) bond motifs is 3. The standard InChI is InChI=1S/C18H19ClN2O2S/c1-12-6-8-13(9-7-12)24(22,23)21-11-10-18(2)14-4-3-5-15(19)16(14)20-17(18)21/h3-9,17,20H,10-11H2,1-2H3/t17-,18-/m0/s1. The van der Waals surface area contributed by atoms with Gasteiger partial charge in [0.25, 0.3) is 0 Å². The molecule has 2 atom stereocenters. The first-order valence-electron chi connectivity index (χ1n) is 7.98. The molecule has 0 saturated carbocycles. The predicted molar refractivity (Wildman–Crippen MR) is 95.9 cm³/mol. The summed E-state index contributed by atoms with van der Waals surface area (Å²) in [6.07, 6.45) is 0.460. The monoisotopic (exact) mass is 362 g/mol. The molecule has 0 bridgehead atoms. The molecule has 1 saturated heterocycles. The minimum atomic E-state index is -3.55. The normalized spacial score (nSPS) is 26.0. The van der Waals surface area contributed by atoms with E-state index in [9.17, 15) is 8.42 Å². The van der Waals surface area contributed by atoms with Crippen LogP contribution in [0.3, 0.4) is 0 Å². The second-order valence-corrected chi connectivity index (χ2v) is 9.10. The van der Waals surface area contributed by atoms with Gasteiger partial charge in [-0.1, -0.05) is 48.4 Å². The Bertz CT molecular complexity index is 911. The first-order chi connectivity index (χ1) is 11.3. The molecule has 0 unspecified atom stereocenters. The van der Waals surface area contributed by atoms with Crippen molar-refractivity contribution in [2.45, 2.75) is 36.7 Å². The quantitative estimate of drug-likeness (QED) is 0.885. The molecule has 6 heteroatoms. The number of para-hydroxylation sites is 1. The molecule has 0 amide bonds. The Morgan fingerprint density at radius 3 is 2.62 bits per heavy atom. The third-order valence-corrected chi connectivity index (χ3v) is 7.47. The summed E-state index contributed by atoms with van der Waals surface area (Å²) >= 11 is 6.31. The van der Waals surface area contributed by atoms with E-state index in [1.54, 1.807) is 16.4 Å². The molecule has 0 aromatic heterocycles. The third kappa shape index (κ3) is 2.11. The van der Waals surface area contributed by atoms with Crippen molar-refractivity contribution >= 4 is 27.3 Å². The maximum Gasteiger partial charge on any atom is 0.244 e. The van der Waals surface area contributed by atoms with Gasteiger partial charge in [0.2, 0.25) is 10.0 Å². The maximum atomic E-state index is 13.1. The van der Waals surface area contributed by atoms with Gasteiger partial charge in [0, 0.05) is 12.0 Å². The first kappa shape index (κ1) is 15.9. The van der Waals surface area contributed by atoms with E-state index in [0.717, 1.165) is 23.2 Å². The minimum absolute atomic E-state index is 0.266. The maximum absolute atomic E-state index is 13.1. The fourth-order valence-corrected chi connectivity index (χ4v) is 5.70. The van der Waals surface area contributed by atoms with Crippen LogP contribution >= 0.6 is 11.6 Å². The Balaban J connectivity index is 1.76. The number of hydrogen-bond donors (Lipinski definition) is 1. The highest BCUT2D eigenvalue weighted by molar-refractivity contribution is 7.89. The second-order valence-electron chi connectivity index (χ2n) is 6.81. The van der Waals surface area contributed by atoms with Crippen molar-refractivity contribution in [3.8, 4) is 0 Å². The van der Waals surface area contributed by atoms with Crippen molar-refractivity contribution < 1.29 is 8.42 Å². The first-order valence-corrected chi connectivity index (χ1v) is 9.80. The van der Waals surface area contributed by atoms with E-state index in [1.807, 2.05) is 37.3 Å². The number of anilines is 1. The summed E-state index contributed by atoms with van der Waals surface area (Å²) in [5.74, 6) is 0. The average molecular weight is 363 g/mol. The molecular formula is C18H19ClN2O2S. The number of sulfonamides is 1. The van der Waals surface area contributed by atoms with Crippen LogP contribution in [0.15, 0.2) is 47.4 Å². The fourth-order valence-electron chi connectivity index (χ4n) is 3.83. The predicted octanol–water partition coefficient (Wildman–Crippen LogP) is 3.75. The molecule has 0 spiro atoms. The SMILES string of the molecule is Cc1ccc(S(=O)(=O)N2CC[C@@]3(C)c4cccc(Cl)c4N[C@@H]23)cc1. The Hall–Kier alpha value is -1.56. The third-order valence-electron chi connectivity index (χ3n) is 5.28. The molecule has 2 aliphatic rings. The highest BCUT2D eigenvalue weighted by Crippen LogP contribution is 2.51. The summed E-state index contributed by atoms with van der Waals surface area (Å²) in [6.45, 7) is 4.55. The summed E-state index contributed by atoms with van der Waals surface area (Å²) in [5.41, 5.74) is 2.73. The van der Waals surface area contributed by atoms with Crippen LogP contribution in [-0.4, -0.2) is 25.4 Å². The number of nitrogens with zero attached hydrogens (tertiary/aromatic N) is 1. The van der Waals surface area contributed by atoms with Gasteiger partial charge in [-0.15, -0.1) is 0 Å². The summed E-state index contributed by atoms with van der Waals surface area (Å²) in [7, 11) is -3.55. The van der Waals surface area contributed by atoms with Gasteiger partial charge in [-0.25, -0.2) is 8.42 Å². The van der Waals surface area contributed by atoms with E-state index in [1.165, 1.54) is 0 Å². The molecule has 1 N–H and O–H groups in total. The van der Waals surface area contributed by atoms with Crippen LogP contribution in [0.2, 0.25) is 5.02 Å².